The Labute approximate surface area is 197 Å². The van der Waals surface area contributed by atoms with E-state index in [0.29, 0.717) is 38.0 Å². The Morgan fingerprint density at radius 3 is 2.56 bits per heavy atom. The van der Waals surface area contributed by atoms with Gasteiger partial charge in [0.15, 0.2) is 11.8 Å². The van der Waals surface area contributed by atoms with Crippen molar-refractivity contribution in [1.29, 1.82) is 0 Å². The zero-order valence-corrected chi connectivity index (χ0v) is 18.9. The molecule has 0 aliphatic carbocycles. The van der Waals surface area contributed by atoms with Crippen LogP contribution >= 0.6 is 0 Å². The second-order valence-corrected chi connectivity index (χ2v) is 8.21. The van der Waals surface area contributed by atoms with E-state index in [1.165, 1.54) is 12.4 Å². The number of nitrogens with two attached hydrogens (primary N) is 2. The highest BCUT2D eigenvalue weighted by atomic mass is 19.1. The molecular weight excluding hydrogens is 441 g/mol. The number of halogens is 1. The van der Waals surface area contributed by atoms with E-state index in [1.807, 2.05) is 6.07 Å². The lowest BCUT2D eigenvalue weighted by atomic mass is 9.98. The van der Waals surface area contributed by atoms with Crippen molar-refractivity contribution < 1.29 is 14.2 Å². The number of rotatable bonds is 5. The predicted molar refractivity (Wildman–Crippen MR) is 130 cm³/mol. The van der Waals surface area contributed by atoms with Crippen LogP contribution in [0, 0.1) is 11.7 Å². The van der Waals surface area contributed by atoms with Gasteiger partial charge in [0, 0.05) is 44.5 Å². The van der Waals surface area contributed by atoms with Crippen LogP contribution in [0.1, 0.15) is 12.8 Å². The van der Waals surface area contributed by atoms with E-state index in [4.69, 9.17) is 16.2 Å². The summed E-state index contributed by atoms with van der Waals surface area (Å²) in [6.07, 6.45) is 3.19. The fourth-order valence-corrected chi connectivity index (χ4v) is 3.97. The lowest BCUT2D eigenvalue weighted by molar-refractivity contribution is 0.122. The first-order chi connectivity index (χ1) is 16.5. The SMILES string of the molecule is NC(N)=NC(=Nc1cc(N2CCC(CO)CC2)ncn1)Nc1ccc(N2CCOCC2)cc1F. The fourth-order valence-electron chi connectivity index (χ4n) is 3.97. The Kier molecular flexibility index (Phi) is 7.70. The van der Waals surface area contributed by atoms with E-state index in [0.717, 1.165) is 37.4 Å². The van der Waals surface area contributed by atoms with Gasteiger partial charge in [-0.15, -0.1) is 0 Å². The highest BCUT2D eigenvalue weighted by molar-refractivity contribution is 6.02. The van der Waals surface area contributed by atoms with Crippen LogP contribution in [0.25, 0.3) is 0 Å². The van der Waals surface area contributed by atoms with Crippen LogP contribution in [0.2, 0.25) is 0 Å². The van der Waals surface area contributed by atoms with Crippen molar-refractivity contribution in [2.24, 2.45) is 27.4 Å². The number of benzene rings is 1. The number of ether oxygens (including phenoxy) is 1. The van der Waals surface area contributed by atoms with Crippen LogP contribution in [-0.4, -0.2) is 73.0 Å². The molecule has 0 bridgehead atoms. The first-order valence-electron chi connectivity index (χ1n) is 11.3. The molecule has 0 atom stereocenters. The van der Waals surface area contributed by atoms with Gasteiger partial charge in [0.05, 0.1) is 18.9 Å². The summed E-state index contributed by atoms with van der Waals surface area (Å²) in [5.74, 6) is 0.677. The maximum atomic E-state index is 14.9. The van der Waals surface area contributed by atoms with Gasteiger partial charge in [-0.2, -0.15) is 9.98 Å². The number of hydrogen-bond acceptors (Lipinski definition) is 7. The Morgan fingerprint density at radius 1 is 1.12 bits per heavy atom. The topological polar surface area (TPSA) is 151 Å². The molecule has 0 saturated carbocycles. The molecule has 2 aliphatic heterocycles. The number of anilines is 3. The number of aromatic nitrogens is 2. The van der Waals surface area contributed by atoms with Gasteiger partial charge < -0.3 is 36.4 Å². The van der Waals surface area contributed by atoms with Crippen LogP contribution in [-0.2, 0) is 4.74 Å². The molecule has 1 aromatic carbocycles. The Hall–Kier alpha value is -3.51. The summed E-state index contributed by atoms with van der Waals surface area (Å²) >= 11 is 0. The van der Waals surface area contributed by atoms with Crippen molar-refractivity contribution in [3.63, 3.8) is 0 Å². The third kappa shape index (κ3) is 6.08. The van der Waals surface area contributed by atoms with E-state index in [-0.39, 0.29) is 24.2 Å². The minimum Gasteiger partial charge on any atom is -0.396 e. The van der Waals surface area contributed by atoms with E-state index in [1.54, 1.807) is 12.1 Å². The van der Waals surface area contributed by atoms with Gasteiger partial charge in [0.2, 0.25) is 5.96 Å². The summed E-state index contributed by atoms with van der Waals surface area (Å²) < 4.78 is 20.2. The van der Waals surface area contributed by atoms with Crippen molar-refractivity contribution in [2.45, 2.75) is 12.8 Å². The van der Waals surface area contributed by atoms with Crippen LogP contribution in [0.15, 0.2) is 40.6 Å². The molecular formula is C22H30FN9O2. The van der Waals surface area contributed by atoms with Crippen molar-refractivity contribution in [3.05, 3.63) is 36.4 Å². The van der Waals surface area contributed by atoms with E-state index >= 15 is 0 Å². The van der Waals surface area contributed by atoms with Crippen LogP contribution in [0.5, 0.6) is 0 Å². The van der Waals surface area contributed by atoms with E-state index < -0.39 is 5.82 Å². The highest BCUT2D eigenvalue weighted by Crippen LogP contribution is 2.25. The molecule has 11 nitrogen and oxygen atoms in total. The van der Waals surface area contributed by atoms with Crippen molar-refractivity contribution in [3.8, 4) is 0 Å². The minimum atomic E-state index is -0.461. The van der Waals surface area contributed by atoms with E-state index in [2.05, 4.69) is 35.1 Å². The van der Waals surface area contributed by atoms with Gasteiger partial charge >= 0.3 is 0 Å². The van der Waals surface area contributed by atoms with Gasteiger partial charge in [0.1, 0.15) is 18.0 Å². The number of hydrogen-bond donors (Lipinski definition) is 4. The second-order valence-electron chi connectivity index (χ2n) is 8.21. The standard InChI is InChI=1S/C22H30FN9O2/c23-17-11-16(31-7-9-34-10-8-31)1-2-18(17)28-22(30-21(24)25)29-19-12-20(27-14-26-19)32-5-3-15(13-33)4-6-32/h1-2,11-12,14-15,33H,3-10,13H2,(H5,24,25,26,27,28,29,30). The van der Waals surface area contributed by atoms with Crippen LogP contribution in [0.4, 0.5) is 27.4 Å². The normalized spacial score (nSPS) is 17.5. The summed E-state index contributed by atoms with van der Waals surface area (Å²) in [6.45, 7) is 4.41. The molecule has 34 heavy (non-hydrogen) atoms. The predicted octanol–water partition coefficient (Wildman–Crippen LogP) is 1.03. The number of nitrogens with one attached hydrogen (secondary N) is 1. The van der Waals surface area contributed by atoms with Gasteiger partial charge in [-0.3, -0.25) is 0 Å². The van der Waals surface area contributed by atoms with Crippen molar-refractivity contribution >= 4 is 34.9 Å². The van der Waals surface area contributed by atoms with Crippen molar-refractivity contribution in [2.75, 3.05) is 61.1 Å². The molecule has 0 radical (unpaired) electrons. The first kappa shape index (κ1) is 23.6. The van der Waals surface area contributed by atoms with Gasteiger partial charge in [-0.25, -0.2) is 14.4 Å². The van der Waals surface area contributed by atoms with Crippen LogP contribution in [0.3, 0.4) is 0 Å². The first-order valence-corrected chi connectivity index (χ1v) is 11.3. The summed E-state index contributed by atoms with van der Waals surface area (Å²) in [6, 6.07) is 6.62. The quantitative estimate of drug-likeness (QED) is 0.370. The number of guanidine groups is 2. The van der Waals surface area contributed by atoms with E-state index in [9.17, 15) is 9.50 Å². The fraction of sp³-hybridized carbons (Fsp3) is 0.455. The second kappa shape index (κ2) is 11.1. The zero-order valence-electron chi connectivity index (χ0n) is 18.9. The maximum Gasteiger partial charge on any atom is 0.232 e. The third-order valence-corrected chi connectivity index (χ3v) is 5.87. The average Bonchev–Trinajstić information content (AvgIpc) is 2.85. The number of piperidine rings is 1. The molecule has 0 unspecified atom stereocenters. The number of aliphatic hydroxyl groups excluding tert-OH is 1. The molecule has 12 heteroatoms. The smallest absolute Gasteiger partial charge is 0.232 e. The number of aliphatic hydroxyl groups is 1. The highest BCUT2D eigenvalue weighted by Gasteiger charge is 2.20. The molecule has 182 valence electrons. The zero-order chi connectivity index (χ0) is 23.9. The number of aliphatic imine (C=N–C) groups is 2. The molecule has 0 spiro atoms. The van der Waals surface area contributed by atoms with Crippen molar-refractivity contribution in [1.82, 2.24) is 9.97 Å². The minimum absolute atomic E-state index is 0.00154. The lowest BCUT2D eigenvalue weighted by Gasteiger charge is -2.31. The van der Waals surface area contributed by atoms with Crippen LogP contribution < -0.4 is 26.6 Å². The third-order valence-electron chi connectivity index (χ3n) is 5.87. The summed E-state index contributed by atoms with van der Waals surface area (Å²) in [4.78, 5) is 21.1. The molecule has 2 saturated heterocycles. The molecule has 3 heterocycles. The average molecular weight is 472 g/mol. The summed E-state index contributed by atoms with van der Waals surface area (Å²) in [5.41, 5.74) is 12.1. The molecule has 2 aromatic rings. The summed E-state index contributed by atoms with van der Waals surface area (Å²) in [5, 5.41) is 12.2. The molecule has 2 aliphatic rings. The number of nitrogens with zero attached hydrogens (tertiary/aromatic N) is 6. The Morgan fingerprint density at radius 2 is 1.88 bits per heavy atom. The summed E-state index contributed by atoms with van der Waals surface area (Å²) in [7, 11) is 0. The maximum absolute atomic E-state index is 14.9. The molecule has 2 fully saturated rings. The largest absolute Gasteiger partial charge is 0.396 e. The Bertz CT molecular complexity index is 1030. The molecule has 0 amide bonds. The number of morpholine rings is 1. The molecule has 6 N–H and O–H groups in total. The lowest BCUT2D eigenvalue weighted by Crippen LogP contribution is -2.36. The molecule has 1 aromatic heterocycles. The van der Waals surface area contributed by atoms with Gasteiger partial charge in [-0.05, 0) is 37.0 Å². The van der Waals surface area contributed by atoms with Gasteiger partial charge in [0.25, 0.3) is 0 Å². The van der Waals surface area contributed by atoms with Gasteiger partial charge in [-0.1, -0.05) is 0 Å². The molecule has 4 rings (SSSR count). The monoisotopic (exact) mass is 471 g/mol. The Balaban J connectivity index is 1.52.